The maximum absolute atomic E-state index is 13.1. The molecule has 66 heavy (non-hydrogen) atoms. The van der Waals surface area contributed by atoms with Crippen LogP contribution in [-0.2, 0) is 23.7 Å². The molecule has 2 fully saturated rings. The zero-order valence-corrected chi connectivity index (χ0v) is 40.7. The lowest BCUT2D eigenvalue weighted by Crippen LogP contribution is -2.65. The molecule has 14 nitrogen and oxygen atoms in total. The molecule has 0 aromatic heterocycles. The van der Waals surface area contributed by atoms with Crippen LogP contribution in [0.15, 0.2) is 48.6 Å². The van der Waals surface area contributed by atoms with Crippen LogP contribution < -0.4 is 5.32 Å². The number of aliphatic hydroxyl groups is 8. The summed E-state index contributed by atoms with van der Waals surface area (Å²) in [5, 5.41) is 86.8. The van der Waals surface area contributed by atoms with Crippen molar-refractivity contribution in [2.24, 2.45) is 0 Å². The summed E-state index contributed by atoms with van der Waals surface area (Å²) in [5.74, 6) is -0.287. The van der Waals surface area contributed by atoms with E-state index in [2.05, 4.69) is 55.6 Å². The summed E-state index contributed by atoms with van der Waals surface area (Å²) in [6, 6.07) is -0.867. The highest BCUT2D eigenvalue weighted by Gasteiger charge is 2.51. The monoisotopic (exact) mass is 940 g/mol. The van der Waals surface area contributed by atoms with Gasteiger partial charge in [0.05, 0.1) is 32.0 Å². The van der Waals surface area contributed by atoms with E-state index in [1.54, 1.807) is 0 Å². The van der Waals surface area contributed by atoms with Crippen LogP contribution in [0.1, 0.15) is 181 Å². The van der Waals surface area contributed by atoms with Crippen molar-refractivity contribution in [3.05, 3.63) is 48.6 Å². The Labute approximate surface area is 397 Å². The zero-order valence-electron chi connectivity index (χ0n) is 40.7. The molecule has 0 radical (unpaired) electrons. The molecule has 0 aliphatic carbocycles. The molecule has 12 unspecified atom stereocenters. The molecule has 2 aliphatic rings. The molecule has 0 aromatic rings. The SMILES string of the molecule is CC/C=C\C/C=C\C/C=C\C/C=C\CCC(=O)NC(COC1OC(CO)C(OC2OC(CO)C(O)C(O)C2O)C(O)C1O)C(O)CCCCCCCCCCCCCCCCCCCCC. The summed E-state index contributed by atoms with van der Waals surface area (Å²) in [6.07, 6.45) is 28.5. The number of hydrogen-bond acceptors (Lipinski definition) is 13. The highest BCUT2D eigenvalue weighted by Crippen LogP contribution is 2.30. The van der Waals surface area contributed by atoms with Crippen molar-refractivity contribution in [3.63, 3.8) is 0 Å². The number of rotatable bonds is 39. The van der Waals surface area contributed by atoms with Gasteiger partial charge in [-0.2, -0.15) is 0 Å². The number of unbranched alkanes of at least 4 members (excludes halogenated alkanes) is 18. The first-order chi connectivity index (χ1) is 32.1. The highest BCUT2D eigenvalue weighted by molar-refractivity contribution is 5.76. The van der Waals surface area contributed by atoms with E-state index in [0.29, 0.717) is 12.8 Å². The fourth-order valence-electron chi connectivity index (χ4n) is 8.36. The van der Waals surface area contributed by atoms with Gasteiger partial charge in [0.25, 0.3) is 0 Å². The summed E-state index contributed by atoms with van der Waals surface area (Å²) in [6.45, 7) is 2.68. The molecule has 1 amide bonds. The Hall–Kier alpha value is -2.05. The molecule has 2 aliphatic heterocycles. The van der Waals surface area contributed by atoms with E-state index in [9.17, 15) is 45.6 Å². The van der Waals surface area contributed by atoms with Gasteiger partial charge in [-0.05, 0) is 38.5 Å². The predicted octanol–water partition coefficient (Wildman–Crippen LogP) is 6.88. The topological polar surface area (TPSA) is 228 Å². The van der Waals surface area contributed by atoms with Crippen molar-refractivity contribution < 1.29 is 64.6 Å². The van der Waals surface area contributed by atoms with Crippen LogP contribution in [0.5, 0.6) is 0 Å². The first kappa shape index (κ1) is 60.1. The number of amides is 1. The van der Waals surface area contributed by atoms with Crippen molar-refractivity contribution in [2.45, 2.75) is 254 Å². The van der Waals surface area contributed by atoms with Gasteiger partial charge in [-0.25, -0.2) is 0 Å². The van der Waals surface area contributed by atoms with Gasteiger partial charge >= 0.3 is 0 Å². The fourth-order valence-corrected chi connectivity index (χ4v) is 8.36. The number of carbonyl (C=O) groups is 1. The summed E-state index contributed by atoms with van der Waals surface area (Å²) in [4.78, 5) is 13.1. The Kier molecular flexibility index (Phi) is 35.3. The minimum absolute atomic E-state index is 0.182. The maximum Gasteiger partial charge on any atom is 0.220 e. The molecule has 14 heteroatoms. The highest BCUT2D eigenvalue weighted by atomic mass is 16.7. The molecule has 9 N–H and O–H groups in total. The van der Waals surface area contributed by atoms with Crippen LogP contribution in [-0.4, -0.2) is 140 Å². The lowest BCUT2D eigenvalue weighted by atomic mass is 9.97. The number of hydrogen-bond donors (Lipinski definition) is 9. The summed E-state index contributed by atoms with van der Waals surface area (Å²) < 4.78 is 22.7. The molecule has 2 rings (SSSR count). The number of aliphatic hydroxyl groups excluding tert-OH is 8. The molecule has 384 valence electrons. The third-order valence-corrected chi connectivity index (χ3v) is 12.6. The van der Waals surface area contributed by atoms with Crippen LogP contribution in [0.4, 0.5) is 0 Å². The van der Waals surface area contributed by atoms with Crippen molar-refractivity contribution in [2.75, 3.05) is 19.8 Å². The zero-order chi connectivity index (χ0) is 48.2. The molecule has 2 heterocycles. The first-order valence-corrected chi connectivity index (χ1v) is 25.9. The lowest BCUT2D eigenvalue weighted by molar-refractivity contribution is -0.359. The molecule has 0 aromatic carbocycles. The van der Waals surface area contributed by atoms with Crippen LogP contribution >= 0.6 is 0 Å². The van der Waals surface area contributed by atoms with Crippen molar-refractivity contribution in [1.82, 2.24) is 5.32 Å². The Balaban J connectivity index is 1.84. The molecule has 0 bridgehead atoms. The van der Waals surface area contributed by atoms with Crippen molar-refractivity contribution >= 4 is 5.91 Å². The van der Waals surface area contributed by atoms with E-state index < -0.39 is 86.8 Å². The Morgan fingerprint density at radius 3 is 1.52 bits per heavy atom. The minimum Gasteiger partial charge on any atom is -0.394 e. The second-order valence-corrected chi connectivity index (χ2v) is 18.3. The molecule has 0 saturated carbocycles. The minimum atomic E-state index is -1.79. The van der Waals surface area contributed by atoms with Gasteiger partial charge in [0.2, 0.25) is 5.91 Å². The van der Waals surface area contributed by atoms with Gasteiger partial charge < -0.3 is 65.1 Å². The Morgan fingerprint density at radius 2 is 1.02 bits per heavy atom. The Bertz CT molecular complexity index is 1290. The van der Waals surface area contributed by atoms with Gasteiger partial charge in [-0.1, -0.05) is 184 Å². The Morgan fingerprint density at radius 1 is 0.561 bits per heavy atom. The number of nitrogens with one attached hydrogen (secondary N) is 1. The normalized spacial score (nSPS) is 27.2. The van der Waals surface area contributed by atoms with Gasteiger partial charge in [-0.15, -0.1) is 0 Å². The summed E-state index contributed by atoms with van der Waals surface area (Å²) in [7, 11) is 0. The van der Waals surface area contributed by atoms with E-state index in [0.717, 1.165) is 51.4 Å². The maximum atomic E-state index is 13.1. The molecule has 12 atom stereocenters. The second-order valence-electron chi connectivity index (χ2n) is 18.3. The second kappa shape index (κ2) is 38.8. The average Bonchev–Trinajstić information content (AvgIpc) is 3.31. The van der Waals surface area contributed by atoms with Gasteiger partial charge in [-0.3, -0.25) is 4.79 Å². The molecule has 2 saturated heterocycles. The smallest absolute Gasteiger partial charge is 0.220 e. The standard InChI is InChI=1S/C52H93NO13/c1-3-5-7-9-11-13-15-17-18-19-20-21-22-24-25-27-29-31-33-35-41(56)40(53-44(57)36-34-32-30-28-26-23-16-14-12-10-8-6-4-2)39-63-51-49(62)47(60)50(43(38-55)65-51)66-52-48(61)46(59)45(58)42(37-54)64-52/h6,8,12,14,23,26,30,32,40-43,45-52,54-56,58-62H,3-5,7,9-11,13,15-22,24-25,27-29,31,33-39H2,1-2H3,(H,53,57)/b8-6-,14-12-,26-23-,32-30-. The average molecular weight is 940 g/mol. The van der Waals surface area contributed by atoms with Crippen molar-refractivity contribution in [1.29, 1.82) is 0 Å². The van der Waals surface area contributed by atoms with E-state index in [1.807, 2.05) is 12.2 Å². The number of carbonyl (C=O) groups excluding carboxylic acids is 1. The molecular weight excluding hydrogens is 847 g/mol. The summed E-state index contributed by atoms with van der Waals surface area (Å²) >= 11 is 0. The molecular formula is C52H93NO13. The van der Waals surface area contributed by atoms with E-state index in [-0.39, 0.29) is 18.9 Å². The van der Waals surface area contributed by atoms with Crippen LogP contribution in [0, 0.1) is 0 Å². The van der Waals surface area contributed by atoms with Crippen LogP contribution in [0.2, 0.25) is 0 Å². The predicted molar refractivity (Wildman–Crippen MR) is 258 cm³/mol. The van der Waals surface area contributed by atoms with Gasteiger partial charge in [0, 0.05) is 6.42 Å². The summed E-state index contributed by atoms with van der Waals surface area (Å²) in [5.41, 5.74) is 0. The third-order valence-electron chi connectivity index (χ3n) is 12.6. The van der Waals surface area contributed by atoms with Crippen LogP contribution in [0.25, 0.3) is 0 Å². The lowest BCUT2D eigenvalue weighted by Gasteiger charge is -2.46. The fraction of sp³-hybridized carbons (Fsp3) is 0.827. The number of allylic oxidation sites excluding steroid dienone is 8. The van der Waals surface area contributed by atoms with E-state index in [4.69, 9.17) is 18.9 Å². The van der Waals surface area contributed by atoms with Gasteiger partial charge in [0.1, 0.15) is 48.8 Å². The quantitative estimate of drug-likeness (QED) is 0.0227. The first-order valence-electron chi connectivity index (χ1n) is 25.9. The molecule has 0 spiro atoms. The van der Waals surface area contributed by atoms with Crippen molar-refractivity contribution in [3.8, 4) is 0 Å². The van der Waals surface area contributed by atoms with E-state index in [1.165, 1.54) is 96.3 Å². The number of ether oxygens (including phenoxy) is 4. The largest absolute Gasteiger partial charge is 0.394 e. The van der Waals surface area contributed by atoms with Crippen LogP contribution in [0.3, 0.4) is 0 Å². The third kappa shape index (κ3) is 25.5. The van der Waals surface area contributed by atoms with E-state index >= 15 is 0 Å². The van der Waals surface area contributed by atoms with Gasteiger partial charge in [0.15, 0.2) is 12.6 Å².